The van der Waals surface area contributed by atoms with Crippen molar-refractivity contribution >= 4 is 17.3 Å². The van der Waals surface area contributed by atoms with E-state index < -0.39 is 11.7 Å². The van der Waals surface area contributed by atoms with E-state index in [1.165, 1.54) is 17.0 Å². The second kappa shape index (κ2) is 7.72. The second-order valence-electron chi connectivity index (χ2n) is 6.38. The van der Waals surface area contributed by atoms with E-state index in [1.807, 2.05) is 24.3 Å². The number of hydrogen-bond donors (Lipinski definition) is 1. The zero-order chi connectivity index (χ0) is 20.3. The lowest BCUT2D eigenvalue weighted by Gasteiger charge is -2.14. The minimum absolute atomic E-state index is 0.192. The van der Waals surface area contributed by atoms with Gasteiger partial charge >= 0.3 is 6.18 Å². The number of alkyl halides is 3. The van der Waals surface area contributed by atoms with Gasteiger partial charge in [0.2, 0.25) is 0 Å². The van der Waals surface area contributed by atoms with E-state index in [2.05, 4.69) is 10.3 Å². The Kier molecular flexibility index (Phi) is 5.35. The van der Waals surface area contributed by atoms with Gasteiger partial charge in [-0.15, -0.1) is 0 Å². The first-order chi connectivity index (χ1) is 13.3. The predicted molar refractivity (Wildman–Crippen MR) is 102 cm³/mol. The summed E-state index contributed by atoms with van der Waals surface area (Å²) in [6, 6.07) is 15.7. The average molecular weight is 385 g/mol. The third-order valence-corrected chi connectivity index (χ3v) is 4.12. The van der Waals surface area contributed by atoms with Gasteiger partial charge < -0.3 is 10.2 Å². The minimum Gasteiger partial charge on any atom is -0.355 e. The van der Waals surface area contributed by atoms with E-state index >= 15 is 0 Å². The average Bonchev–Trinajstić information content (AvgIpc) is 2.68. The highest BCUT2D eigenvalue weighted by molar-refractivity contribution is 5.92. The molecule has 1 amide bonds. The fourth-order valence-electron chi connectivity index (χ4n) is 2.65. The maximum absolute atomic E-state index is 12.7. The molecule has 0 spiro atoms. The van der Waals surface area contributed by atoms with Crippen molar-refractivity contribution in [3.63, 3.8) is 0 Å². The Morgan fingerprint density at radius 3 is 2.21 bits per heavy atom. The molecule has 144 valence electrons. The molecule has 0 fully saturated rings. The van der Waals surface area contributed by atoms with E-state index in [9.17, 15) is 18.0 Å². The summed E-state index contributed by atoms with van der Waals surface area (Å²) >= 11 is 0. The van der Waals surface area contributed by atoms with Crippen LogP contribution in [0.2, 0.25) is 0 Å². The molecular formula is C21H18F3N3O. The Hall–Kier alpha value is -3.35. The van der Waals surface area contributed by atoms with Crippen molar-refractivity contribution in [2.45, 2.75) is 6.18 Å². The highest BCUT2D eigenvalue weighted by Gasteiger charge is 2.29. The smallest absolute Gasteiger partial charge is 0.355 e. The molecule has 3 aromatic rings. The van der Waals surface area contributed by atoms with Gasteiger partial charge in [0.15, 0.2) is 0 Å². The number of nitrogens with zero attached hydrogens (tertiary/aromatic N) is 2. The van der Waals surface area contributed by atoms with Crippen LogP contribution in [0.15, 0.2) is 66.9 Å². The third kappa shape index (κ3) is 4.31. The van der Waals surface area contributed by atoms with Crippen molar-refractivity contribution in [2.75, 3.05) is 19.4 Å². The maximum atomic E-state index is 12.7. The molecule has 0 aliphatic carbocycles. The summed E-state index contributed by atoms with van der Waals surface area (Å²) in [5.74, 6) is -0.192. The molecule has 0 radical (unpaired) electrons. The van der Waals surface area contributed by atoms with Crippen LogP contribution in [0.5, 0.6) is 0 Å². The zero-order valence-electron chi connectivity index (χ0n) is 15.3. The summed E-state index contributed by atoms with van der Waals surface area (Å²) in [6.07, 6.45) is -2.77. The van der Waals surface area contributed by atoms with Crippen molar-refractivity contribution < 1.29 is 18.0 Å². The molecule has 1 N–H and O–H groups in total. The number of para-hydroxylation sites is 1. The molecule has 4 nitrogen and oxygen atoms in total. The quantitative estimate of drug-likeness (QED) is 0.670. The summed E-state index contributed by atoms with van der Waals surface area (Å²) in [6.45, 7) is 0. The molecule has 7 heteroatoms. The van der Waals surface area contributed by atoms with Crippen LogP contribution in [0.3, 0.4) is 0 Å². The number of halogens is 3. The van der Waals surface area contributed by atoms with E-state index in [1.54, 1.807) is 32.4 Å². The van der Waals surface area contributed by atoms with Crippen molar-refractivity contribution in [2.24, 2.45) is 0 Å². The number of hydrogen-bond acceptors (Lipinski definition) is 3. The Bertz CT molecular complexity index is 965. The van der Waals surface area contributed by atoms with E-state index in [4.69, 9.17) is 0 Å². The molecule has 0 saturated heterocycles. The Morgan fingerprint density at radius 2 is 1.64 bits per heavy atom. The van der Waals surface area contributed by atoms with Gasteiger partial charge in [-0.3, -0.25) is 9.78 Å². The van der Waals surface area contributed by atoms with E-state index in [0.29, 0.717) is 11.4 Å². The van der Waals surface area contributed by atoms with Gasteiger partial charge in [0.1, 0.15) is 5.69 Å². The van der Waals surface area contributed by atoms with Gasteiger partial charge in [-0.1, -0.05) is 24.3 Å². The normalized spacial score (nSPS) is 11.2. The molecule has 28 heavy (non-hydrogen) atoms. The number of nitrogens with one attached hydrogen (secondary N) is 1. The number of carbonyl (C=O) groups excluding carboxylic acids is 1. The van der Waals surface area contributed by atoms with Crippen LogP contribution in [0.4, 0.5) is 24.5 Å². The van der Waals surface area contributed by atoms with Crippen molar-refractivity contribution in [1.82, 2.24) is 9.88 Å². The van der Waals surface area contributed by atoms with Crippen molar-refractivity contribution in [3.8, 4) is 11.1 Å². The van der Waals surface area contributed by atoms with Gasteiger partial charge in [-0.25, -0.2) is 0 Å². The molecule has 0 bridgehead atoms. The molecule has 0 aliphatic rings. The van der Waals surface area contributed by atoms with Crippen LogP contribution in [-0.4, -0.2) is 29.9 Å². The summed E-state index contributed by atoms with van der Waals surface area (Å²) in [5, 5.41) is 3.13. The minimum atomic E-state index is -4.37. The molecule has 0 atom stereocenters. The fraction of sp³-hybridized carbons (Fsp3) is 0.143. The second-order valence-corrected chi connectivity index (χ2v) is 6.38. The molecular weight excluding hydrogens is 367 g/mol. The summed E-state index contributed by atoms with van der Waals surface area (Å²) in [7, 11) is 3.31. The topological polar surface area (TPSA) is 45.2 Å². The van der Waals surface area contributed by atoms with Crippen LogP contribution in [0, 0.1) is 0 Å². The molecule has 0 saturated carbocycles. The van der Waals surface area contributed by atoms with Crippen molar-refractivity contribution in [1.29, 1.82) is 0 Å². The van der Waals surface area contributed by atoms with Crippen molar-refractivity contribution in [3.05, 3.63) is 78.1 Å². The van der Waals surface area contributed by atoms with Crippen LogP contribution in [0.1, 0.15) is 16.1 Å². The number of carbonyl (C=O) groups is 1. The molecule has 0 aliphatic heterocycles. The van der Waals surface area contributed by atoms with Crippen LogP contribution < -0.4 is 5.32 Å². The van der Waals surface area contributed by atoms with Gasteiger partial charge in [0.25, 0.3) is 5.91 Å². The number of benzene rings is 2. The highest BCUT2D eigenvalue weighted by Crippen LogP contribution is 2.32. The van der Waals surface area contributed by atoms with Gasteiger partial charge in [-0.05, 0) is 36.4 Å². The maximum Gasteiger partial charge on any atom is 0.416 e. The number of amides is 1. The lowest BCUT2D eigenvalue weighted by Crippen LogP contribution is -2.22. The lowest BCUT2D eigenvalue weighted by atomic mass is 10.0. The first-order valence-electron chi connectivity index (χ1n) is 8.47. The summed E-state index contributed by atoms with van der Waals surface area (Å²) < 4.78 is 38.2. The predicted octanol–water partition coefficient (Wildman–Crippen LogP) is 5.21. The molecule has 2 aromatic carbocycles. The Balaban J connectivity index is 1.86. The standard InChI is InChI=1S/C21H18F3N3O/c1-27(2)20(28)19-12-7-14(13-25-19)17-5-3-4-6-18(17)26-16-10-8-15(9-11-16)21(22,23)24/h3-13,26H,1-2H3. The number of pyridine rings is 1. The third-order valence-electron chi connectivity index (χ3n) is 4.12. The highest BCUT2D eigenvalue weighted by atomic mass is 19.4. The van der Waals surface area contributed by atoms with Gasteiger partial charge in [0, 0.05) is 42.8 Å². The summed E-state index contributed by atoms with van der Waals surface area (Å²) in [4.78, 5) is 17.6. The largest absolute Gasteiger partial charge is 0.416 e. The zero-order valence-corrected chi connectivity index (χ0v) is 15.3. The van der Waals surface area contributed by atoms with Crippen LogP contribution in [-0.2, 0) is 6.18 Å². The molecule has 1 heterocycles. The Labute approximate surface area is 160 Å². The van der Waals surface area contributed by atoms with Crippen LogP contribution >= 0.6 is 0 Å². The monoisotopic (exact) mass is 385 g/mol. The first kappa shape index (κ1) is 19.4. The molecule has 3 rings (SSSR count). The van der Waals surface area contributed by atoms with Gasteiger partial charge in [0.05, 0.1) is 5.56 Å². The fourth-order valence-corrected chi connectivity index (χ4v) is 2.65. The SMILES string of the molecule is CN(C)C(=O)c1ccc(-c2ccccc2Nc2ccc(C(F)(F)F)cc2)cn1. The van der Waals surface area contributed by atoms with Gasteiger partial charge in [-0.2, -0.15) is 13.2 Å². The Morgan fingerprint density at radius 1 is 0.964 bits per heavy atom. The van der Waals surface area contributed by atoms with E-state index in [0.717, 1.165) is 28.9 Å². The number of anilines is 2. The molecule has 0 unspecified atom stereocenters. The van der Waals surface area contributed by atoms with Crippen LogP contribution in [0.25, 0.3) is 11.1 Å². The first-order valence-corrected chi connectivity index (χ1v) is 8.47. The molecule has 1 aromatic heterocycles. The van der Waals surface area contributed by atoms with E-state index in [-0.39, 0.29) is 5.91 Å². The summed E-state index contributed by atoms with van der Waals surface area (Å²) in [5.41, 5.74) is 2.49. The lowest BCUT2D eigenvalue weighted by molar-refractivity contribution is -0.137. The number of aromatic nitrogens is 1. The number of rotatable bonds is 4.